The van der Waals surface area contributed by atoms with Crippen LogP contribution in [0.15, 0.2) is 34.8 Å². The van der Waals surface area contributed by atoms with Gasteiger partial charge in [-0.3, -0.25) is 9.59 Å². The lowest BCUT2D eigenvalue weighted by Crippen LogP contribution is -2.18. The fourth-order valence-electron chi connectivity index (χ4n) is 1.82. The second kappa shape index (κ2) is 7.04. The van der Waals surface area contributed by atoms with Crippen LogP contribution in [0, 0.1) is 0 Å². The van der Waals surface area contributed by atoms with E-state index < -0.39 is 0 Å². The summed E-state index contributed by atoms with van der Waals surface area (Å²) in [6.45, 7) is 4.00. The second-order valence-electron chi connectivity index (χ2n) is 3.56. The van der Waals surface area contributed by atoms with Crippen LogP contribution >= 0.6 is 15.9 Å². The Morgan fingerprint density at radius 3 is 2.47 bits per heavy atom. The van der Waals surface area contributed by atoms with Crippen molar-refractivity contribution in [2.45, 2.75) is 13.8 Å². The van der Waals surface area contributed by atoms with Gasteiger partial charge in [0.05, 0.1) is 0 Å². The summed E-state index contributed by atoms with van der Waals surface area (Å²) in [6, 6.07) is 8.89. The molecule has 0 saturated carbocycles. The molecule has 0 bridgehead atoms. The van der Waals surface area contributed by atoms with Gasteiger partial charge >= 0.3 is 0 Å². The summed E-state index contributed by atoms with van der Waals surface area (Å²) in [5.74, 6) is -0.197. The molecule has 0 unspecified atom stereocenters. The molecule has 0 fully saturated rings. The van der Waals surface area contributed by atoms with E-state index >= 15 is 0 Å². The minimum atomic E-state index is -0.197. The summed E-state index contributed by atoms with van der Waals surface area (Å²) in [5.41, 5.74) is 1.02. The van der Waals surface area contributed by atoms with Gasteiger partial charge in [0, 0.05) is 28.0 Å². The first-order chi connectivity index (χ1) is 9.19. The summed E-state index contributed by atoms with van der Waals surface area (Å²) in [4.78, 5) is 22.8. The summed E-state index contributed by atoms with van der Waals surface area (Å²) < 4.78 is 0.865. The van der Waals surface area contributed by atoms with E-state index in [4.69, 9.17) is 0 Å². The van der Waals surface area contributed by atoms with Gasteiger partial charge in [0.25, 0.3) is 5.91 Å². The molecule has 0 aromatic heterocycles. The van der Waals surface area contributed by atoms with Crippen molar-refractivity contribution in [2.24, 2.45) is 0 Å². The minimum Gasteiger partial charge on any atom is -0.355 e. The SMILES string of the molecule is CC.CNC(=O)c1ccc(Br)c2cccc(C=O)c12. The summed E-state index contributed by atoms with van der Waals surface area (Å²) in [5, 5.41) is 4.11. The van der Waals surface area contributed by atoms with Gasteiger partial charge in [0.1, 0.15) is 0 Å². The topological polar surface area (TPSA) is 46.2 Å². The van der Waals surface area contributed by atoms with E-state index in [0.717, 1.165) is 16.1 Å². The number of halogens is 1. The van der Waals surface area contributed by atoms with Crippen molar-refractivity contribution in [2.75, 3.05) is 7.05 Å². The normalized spacial score (nSPS) is 9.47. The molecule has 0 saturated heterocycles. The first kappa shape index (κ1) is 15.4. The van der Waals surface area contributed by atoms with Gasteiger partial charge in [0.15, 0.2) is 6.29 Å². The fourth-order valence-corrected chi connectivity index (χ4v) is 2.28. The van der Waals surface area contributed by atoms with Gasteiger partial charge in [-0.15, -0.1) is 0 Å². The lowest BCUT2D eigenvalue weighted by molar-refractivity contribution is 0.0964. The smallest absolute Gasteiger partial charge is 0.251 e. The zero-order chi connectivity index (χ0) is 14.4. The van der Waals surface area contributed by atoms with Gasteiger partial charge in [-0.1, -0.05) is 48.0 Å². The van der Waals surface area contributed by atoms with Crippen LogP contribution in [0.5, 0.6) is 0 Å². The number of rotatable bonds is 2. The van der Waals surface area contributed by atoms with Crippen molar-refractivity contribution in [3.8, 4) is 0 Å². The molecule has 1 amide bonds. The molecule has 2 aromatic carbocycles. The van der Waals surface area contributed by atoms with Crippen molar-refractivity contribution < 1.29 is 9.59 Å². The number of hydrogen-bond donors (Lipinski definition) is 1. The van der Waals surface area contributed by atoms with Crippen LogP contribution < -0.4 is 5.32 Å². The van der Waals surface area contributed by atoms with Crippen LogP contribution in [-0.4, -0.2) is 19.2 Å². The van der Waals surface area contributed by atoms with E-state index in [1.807, 2.05) is 26.0 Å². The Labute approximate surface area is 121 Å². The number of nitrogens with one attached hydrogen (secondary N) is 1. The molecule has 0 aliphatic rings. The molecule has 1 N–H and O–H groups in total. The highest BCUT2D eigenvalue weighted by molar-refractivity contribution is 9.10. The Hall–Kier alpha value is -1.68. The third kappa shape index (κ3) is 3.01. The van der Waals surface area contributed by atoms with E-state index in [-0.39, 0.29) is 5.91 Å². The van der Waals surface area contributed by atoms with E-state index in [9.17, 15) is 9.59 Å². The molecule has 0 aliphatic heterocycles. The molecule has 2 aromatic rings. The third-order valence-electron chi connectivity index (χ3n) is 2.62. The van der Waals surface area contributed by atoms with Crippen molar-refractivity contribution in [1.29, 1.82) is 0 Å². The van der Waals surface area contributed by atoms with Gasteiger partial charge in [0.2, 0.25) is 0 Å². The van der Waals surface area contributed by atoms with E-state index in [1.165, 1.54) is 0 Å². The Balaban J connectivity index is 0.000000861. The molecule has 0 radical (unpaired) electrons. The average molecular weight is 322 g/mol. The van der Waals surface area contributed by atoms with Gasteiger partial charge < -0.3 is 5.32 Å². The maximum absolute atomic E-state index is 11.8. The largest absolute Gasteiger partial charge is 0.355 e. The highest BCUT2D eigenvalue weighted by atomic mass is 79.9. The maximum atomic E-state index is 11.8. The quantitative estimate of drug-likeness (QED) is 0.855. The number of hydrogen-bond acceptors (Lipinski definition) is 2. The molecule has 4 heteroatoms. The first-order valence-electron chi connectivity index (χ1n) is 6.07. The standard InChI is InChI=1S/C13H10BrNO2.C2H6/c1-15-13(17)10-5-6-11(14)9-4-2-3-8(7-16)12(9)10;1-2/h2-7H,1H3,(H,15,17);1-2H3. The third-order valence-corrected chi connectivity index (χ3v) is 3.31. The zero-order valence-corrected chi connectivity index (χ0v) is 12.7. The molecule has 0 spiro atoms. The first-order valence-corrected chi connectivity index (χ1v) is 6.87. The predicted octanol–water partition coefficient (Wildman–Crippen LogP) is 3.80. The van der Waals surface area contributed by atoms with Crippen LogP contribution in [0.4, 0.5) is 0 Å². The second-order valence-corrected chi connectivity index (χ2v) is 4.42. The molecule has 100 valence electrons. The average Bonchev–Trinajstić information content (AvgIpc) is 2.48. The van der Waals surface area contributed by atoms with E-state index in [0.29, 0.717) is 16.5 Å². The van der Waals surface area contributed by atoms with Crippen LogP contribution in [0.25, 0.3) is 10.8 Å². The molecular formula is C15H16BrNO2. The molecule has 2 rings (SSSR count). The van der Waals surface area contributed by atoms with Crippen molar-refractivity contribution in [3.63, 3.8) is 0 Å². The highest BCUT2D eigenvalue weighted by Gasteiger charge is 2.13. The maximum Gasteiger partial charge on any atom is 0.251 e. The molecular weight excluding hydrogens is 306 g/mol. The monoisotopic (exact) mass is 321 g/mol. The minimum absolute atomic E-state index is 0.197. The number of aldehydes is 1. The molecule has 0 heterocycles. The molecule has 3 nitrogen and oxygen atoms in total. The Morgan fingerprint density at radius 1 is 1.21 bits per heavy atom. The van der Waals surface area contributed by atoms with Gasteiger partial charge in [-0.2, -0.15) is 0 Å². The van der Waals surface area contributed by atoms with E-state index in [2.05, 4.69) is 21.2 Å². The number of carbonyl (C=O) groups excluding carboxylic acids is 2. The lowest BCUT2D eigenvalue weighted by atomic mass is 9.99. The molecule has 19 heavy (non-hydrogen) atoms. The van der Waals surface area contributed by atoms with Crippen LogP contribution in [0.1, 0.15) is 34.6 Å². The number of carbonyl (C=O) groups is 2. The van der Waals surface area contributed by atoms with Crippen LogP contribution in [0.2, 0.25) is 0 Å². The van der Waals surface area contributed by atoms with Crippen molar-refractivity contribution in [1.82, 2.24) is 5.32 Å². The predicted molar refractivity (Wildman–Crippen MR) is 81.8 cm³/mol. The van der Waals surface area contributed by atoms with Gasteiger partial charge in [-0.25, -0.2) is 0 Å². The zero-order valence-electron chi connectivity index (χ0n) is 11.2. The Bertz CT molecular complexity index is 608. The van der Waals surface area contributed by atoms with Gasteiger partial charge in [-0.05, 0) is 17.5 Å². The molecule has 0 atom stereocenters. The van der Waals surface area contributed by atoms with E-state index in [1.54, 1.807) is 25.2 Å². The summed E-state index contributed by atoms with van der Waals surface area (Å²) >= 11 is 3.42. The Morgan fingerprint density at radius 2 is 1.89 bits per heavy atom. The van der Waals surface area contributed by atoms with Crippen LogP contribution in [0.3, 0.4) is 0 Å². The number of fused-ring (bicyclic) bond motifs is 1. The number of amides is 1. The number of benzene rings is 2. The van der Waals surface area contributed by atoms with Crippen molar-refractivity contribution >= 4 is 38.9 Å². The van der Waals surface area contributed by atoms with Crippen molar-refractivity contribution in [3.05, 3.63) is 45.9 Å². The fraction of sp³-hybridized carbons (Fsp3) is 0.200. The lowest BCUT2D eigenvalue weighted by Gasteiger charge is -2.09. The summed E-state index contributed by atoms with van der Waals surface area (Å²) in [7, 11) is 1.57. The molecule has 0 aliphatic carbocycles. The van der Waals surface area contributed by atoms with Crippen LogP contribution in [-0.2, 0) is 0 Å². The Kier molecular flexibility index (Phi) is 5.70. The highest BCUT2D eigenvalue weighted by Crippen LogP contribution is 2.29. The summed E-state index contributed by atoms with van der Waals surface area (Å²) in [6.07, 6.45) is 0.765.